The quantitative estimate of drug-likeness (QED) is 0.309. The Kier molecular flexibility index (Phi) is 7.22. The van der Waals surface area contributed by atoms with Crippen LogP contribution < -0.4 is 20.7 Å². The highest BCUT2D eigenvalue weighted by Gasteiger charge is 2.18. The van der Waals surface area contributed by atoms with Gasteiger partial charge in [0.05, 0.1) is 17.7 Å². The Bertz CT molecular complexity index is 1770. The van der Waals surface area contributed by atoms with Crippen molar-refractivity contribution in [2.45, 2.75) is 25.7 Å². The van der Waals surface area contributed by atoms with E-state index in [4.69, 9.17) is 4.74 Å². The summed E-state index contributed by atoms with van der Waals surface area (Å²) in [7, 11) is -2.57. The fourth-order valence-corrected chi connectivity index (χ4v) is 4.81. The first-order valence-corrected chi connectivity index (χ1v) is 13.0. The molecule has 0 aliphatic rings. The topological polar surface area (TPSA) is 143 Å². The fraction of sp³-hybridized carbons (Fsp3) is 0.148. The predicted molar refractivity (Wildman–Crippen MR) is 146 cm³/mol. The van der Waals surface area contributed by atoms with Gasteiger partial charge in [-0.05, 0) is 62.2 Å². The number of hydrogen-bond acceptors (Lipinski definition) is 7. The normalized spacial score (nSPS) is 11.6. The summed E-state index contributed by atoms with van der Waals surface area (Å²) in [5, 5.41) is 10.9. The van der Waals surface area contributed by atoms with Crippen LogP contribution in [0.3, 0.4) is 0 Å². The van der Waals surface area contributed by atoms with Crippen LogP contribution in [-0.4, -0.2) is 36.4 Å². The van der Waals surface area contributed by atoms with Crippen molar-refractivity contribution in [3.8, 4) is 17.3 Å². The van der Waals surface area contributed by atoms with Gasteiger partial charge in [-0.25, -0.2) is 17.8 Å². The molecule has 0 unspecified atom stereocenters. The maximum Gasteiger partial charge on any atom is 0.335 e. The number of ether oxygens (including phenoxy) is 1. The number of nitrogens with one attached hydrogen (secondary N) is 2. The van der Waals surface area contributed by atoms with Crippen LogP contribution in [0.5, 0.6) is 11.6 Å². The van der Waals surface area contributed by atoms with Gasteiger partial charge in [0.15, 0.2) is 0 Å². The number of rotatable bonds is 7. The van der Waals surface area contributed by atoms with E-state index < -0.39 is 27.2 Å². The maximum absolute atomic E-state index is 12.9. The van der Waals surface area contributed by atoms with Gasteiger partial charge >= 0.3 is 5.69 Å². The molecule has 0 saturated carbocycles. The van der Waals surface area contributed by atoms with E-state index in [1.807, 2.05) is 19.9 Å². The number of benzene rings is 3. The van der Waals surface area contributed by atoms with Gasteiger partial charge in [-0.15, -0.1) is 0 Å². The fourth-order valence-electron chi connectivity index (χ4n) is 3.74. The van der Waals surface area contributed by atoms with E-state index in [0.29, 0.717) is 16.9 Å². The van der Waals surface area contributed by atoms with Crippen LogP contribution in [0.25, 0.3) is 5.69 Å². The average Bonchev–Trinajstić information content (AvgIpc) is 2.87. The number of aromatic nitrogens is 2. The summed E-state index contributed by atoms with van der Waals surface area (Å²) >= 11 is 0. The van der Waals surface area contributed by atoms with Crippen molar-refractivity contribution in [3.05, 3.63) is 104 Å². The molecule has 4 aromatic rings. The molecule has 0 radical (unpaired) electrons. The van der Waals surface area contributed by atoms with Crippen LogP contribution in [0.4, 0.5) is 11.4 Å². The molecule has 4 rings (SSSR count). The van der Waals surface area contributed by atoms with Crippen LogP contribution in [0.15, 0.2) is 80.1 Å². The summed E-state index contributed by atoms with van der Waals surface area (Å²) in [4.78, 5) is 31.4. The van der Waals surface area contributed by atoms with Gasteiger partial charge in [-0.3, -0.25) is 19.5 Å². The number of aromatic hydroxyl groups is 1. The third-order valence-electron chi connectivity index (χ3n) is 5.82. The minimum absolute atomic E-state index is 0.0574. The van der Waals surface area contributed by atoms with E-state index in [0.717, 1.165) is 21.9 Å². The van der Waals surface area contributed by atoms with Crippen molar-refractivity contribution in [3.63, 3.8) is 0 Å². The molecule has 0 bridgehead atoms. The number of hydrogen-bond donors (Lipinski definition) is 3. The molecule has 196 valence electrons. The number of nitrogens with zero attached hydrogens (tertiary/aromatic N) is 2. The van der Waals surface area contributed by atoms with Crippen LogP contribution in [0.2, 0.25) is 0 Å². The number of H-pyrrole nitrogens is 1. The van der Waals surface area contributed by atoms with Crippen molar-refractivity contribution in [2.75, 3.05) is 11.8 Å². The summed E-state index contributed by atoms with van der Waals surface area (Å²) in [6.07, 6.45) is 1.09. The van der Waals surface area contributed by atoms with Crippen molar-refractivity contribution < 1.29 is 18.3 Å². The minimum atomic E-state index is -3.92. The third-order valence-corrected chi connectivity index (χ3v) is 7.20. The summed E-state index contributed by atoms with van der Waals surface area (Å²) in [6.45, 7) is 5.51. The Morgan fingerprint density at radius 1 is 0.974 bits per heavy atom. The van der Waals surface area contributed by atoms with Crippen molar-refractivity contribution in [1.82, 2.24) is 9.55 Å². The molecule has 0 aliphatic carbocycles. The standard InChI is InChI=1S/C27H26N4O6S/c1-16-6-9-19(10-7-16)30-38(35,36)20-11-12-22(24(14-20)37-4)28-15-21-25(32)29-27(34)31(26(21)33)23-13-17(2)5-8-18(23)3/h5-15,30,33H,1-4H3,(H,29,32,34). The molecule has 11 heteroatoms. The first-order valence-electron chi connectivity index (χ1n) is 11.5. The molecule has 38 heavy (non-hydrogen) atoms. The van der Waals surface area contributed by atoms with Gasteiger partial charge in [0, 0.05) is 18.0 Å². The molecule has 0 spiro atoms. The number of aliphatic imine (C=N–C) groups is 1. The number of methoxy groups -OCH3 is 1. The second-order valence-electron chi connectivity index (χ2n) is 8.69. The molecule has 3 N–H and O–H groups in total. The first kappa shape index (κ1) is 26.4. The zero-order valence-corrected chi connectivity index (χ0v) is 22.0. The zero-order valence-electron chi connectivity index (χ0n) is 21.1. The number of aromatic amines is 1. The lowest BCUT2D eigenvalue weighted by Crippen LogP contribution is -2.31. The van der Waals surface area contributed by atoms with E-state index >= 15 is 0 Å². The lowest BCUT2D eigenvalue weighted by atomic mass is 10.1. The second-order valence-corrected chi connectivity index (χ2v) is 10.4. The Morgan fingerprint density at radius 3 is 2.34 bits per heavy atom. The summed E-state index contributed by atoms with van der Waals surface area (Å²) in [5.41, 5.74) is 1.68. The first-order chi connectivity index (χ1) is 18.0. The molecule has 0 fully saturated rings. The van der Waals surface area contributed by atoms with Crippen molar-refractivity contribution >= 4 is 27.6 Å². The van der Waals surface area contributed by atoms with Crippen LogP contribution in [-0.2, 0) is 10.0 Å². The van der Waals surface area contributed by atoms with Gasteiger partial charge in [-0.2, -0.15) is 0 Å². The van der Waals surface area contributed by atoms with Crippen LogP contribution >= 0.6 is 0 Å². The van der Waals surface area contributed by atoms with Gasteiger partial charge in [0.25, 0.3) is 15.6 Å². The summed E-state index contributed by atoms with van der Waals surface area (Å²) in [6, 6.07) is 16.3. The molecular formula is C27H26N4O6S. The smallest absolute Gasteiger partial charge is 0.335 e. The molecule has 0 amide bonds. The molecule has 1 heterocycles. The lowest BCUT2D eigenvalue weighted by molar-refractivity contribution is 0.415. The van der Waals surface area contributed by atoms with Gasteiger partial charge in [-0.1, -0.05) is 29.8 Å². The zero-order chi connectivity index (χ0) is 27.6. The van der Waals surface area contributed by atoms with E-state index in [9.17, 15) is 23.1 Å². The molecule has 10 nitrogen and oxygen atoms in total. The van der Waals surface area contributed by atoms with Gasteiger partial charge < -0.3 is 9.84 Å². The predicted octanol–water partition coefficient (Wildman–Crippen LogP) is 3.72. The van der Waals surface area contributed by atoms with Crippen molar-refractivity contribution in [1.29, 1.82) is 0 Å². The molecular weight excluding hydrogens is 508 g/mol. The van der Waals surface area contributed by atoms with Gasteiger partial charge in [0.1, 0.15) is 17.0 Å². The van der Waals surface area contributed by atoms with E-state index in [1.54, 1.807) is 43.3 Å². The van der Waals surface area contributed by atoms with Crippen LogP contribution in [0, 0.1) is 20.8 Å². The highest BCUT2D eigenvalue weighted by molar-refractivity contribution is 7.92. The second kappa shape index (κ2) is 10.4. The molecule has 3 aromatic carbocycles. The number of anilines is 1. The largest absolute Gasteiger partial charge is 0.494 e. The lowest BCUT2D eigenvalue weighted by Gasteiger charge is -2.13. The summed E-state index contributed by atoms with van der Waals surface area (Å²) in [5.74, 6) is -0.469. The highest BCUT2D eigenvalue weighted by atomic mass is 32.2. The SMILES string of the molecule is COc1cc(S(=O)(=O)Nc2ccc(C)cc2)ccc1N=Cc1c(O)n(-c2cc(C)ccc2C)c(=O)[nH]c1=O. The van der Waals surface area contributed by atoms with Crippen LogP contribution in [0.1, 0.15) is 22.3 Å². The molecule has 1 aromatic heterocycles. The van der Waals surface area contributed by atoms with Gasteiger partial charge in [0.2, 0.25) is 5.88 Å². The molecule has 0 aliphatic heterocycles. The number of sulfonamides is 1. The van der Waals surface area contributed by atoms with E-state index in [-0.39, 0.29) is 21.9 Å². The highest BCUT2D eigenvalue weighted by Crippen LogP contribution is 2.31. The van der Waals surface area contributed by atoms with Crippen molar-refractivity contribution in [2.24, 2.45) is 4.99 Å². The Balaban J connectivity index is 1.71. The average molecular weight is 535 g/mol. The Labute approximate surface area is 219 Å². The monoisotopic (exact) mass is 534 g/mol. The Morgan fingerprint density at radius 2 is 1.66 bits per heavy atom. The van der Waals surface area contributed by atoms with E-state index in [2.05, 4.69) is 14.7 Å². The number of aryl methyl sites for hydroxylation is 3. The summed E-state index contributed by atoms with van der Waals surface area (Å²) < 4.78 is 34.6. The maximum atomic E-state index is 12.9. The molecule has 0 atom stereocenters. The minimum Gasteiger partial charge on any atom is -0.494 e. The Hall–Kier alpha value is -4.64. The van der Waals surface area contributed by atoms with E-state index in [1.165, 1.54) is 25.3 Å². The molecule has 0 saturated heterocycles. The third kappa shape index (κ3) is 5.37.